The fourth-order valence-electron chi connectivity index (χ4n) is 2.61. The van der Waals surface area contributed by atoms with E-state index in [0.29, 0.717) is 5.84 Å². The summed E-state index contributed by atoms with van der Waals surface area (Å²) in [5.74, 6) is 0.546. The average Bonchev–Trinajstić information content (AvgIpc) is 2.54. The summed E-state index contributed by atoms with van der Waals surface area (Å²) in [5, 5.41) is 12.2. The minimum Gasteiger partial charge on any atom is -0.388 e. The Morgan fingerprint density at radius 3 is 2.45 bits per heavy atom. The first kappa shape index (κ1) is 14.5. The van der Waals surface area contributed by atoms with Crippen LogP contribution in [0.5, 0.6) is 0 Å². The summed E-state index contributed by atoms with van der Waals surface area (Å²) in [6.07, 6.45) is 2.00. The van der Waals surface area contributed by atoms with Crippen molar-refractivity contribution in [3.05, 3.63) is 71.3 Å². The Morgan fingerprint density at radius 1 is 1.05 bits per heavy atom. The third-order valence-electron chi connectivity index (χ3n) is 3.91. The minimum absolute atomic E-state index is 0.104. The van der Waals surface area contributed by atoms with Crippen molar-refractivity contribution in [1.82, 2.24) is 5.32 Å². The number of hydrogen-bond acceptors (Lipinski definition) is 3. The molecule has 0 aromatic heterocycles. The zero-order valence-electron chi connectivity index (χ0n) is 12.8. The molecular weight excluding hydrogens is 272 g/mol. The molecule has 0 spiro atoms. The highest BCUT2D eigenvalue weighted by atomic mass is 16.3. The minimum atomic E-state index is -0.104. The highest BCUT2D eigenvalue weighted by Gasteiger charge is 2.14. The molecule has 3 nitrogen and oxygen atoms in total. The molecule has 0 amide bonds. The highest BCUT2D eigenvalue weighted by Crippen LogP contribution is 2.29. The molecule has 0 saturated heterocycles. The van der Waals surface area contributed by atoms with Crippen LogP contribution in [0.3, 0.4) is 0 Å². The van der Waals surface area contributed by atoms with E-state index in [-0.39, 0.29) is 6.61 Å². The van der Waals surface area contributed by atoms with Gasteiger partial charge in [0.15, 0.2) is 0 Å². The van der Waals surface area contributed by atoms with E-state index in [1.54, 1.807) is 0 Å². The maximum absolute atomic E-state index is 9.18. The molecule has 2 aromatic carbocycles. The highest BCUT2D eigenvalue weighted by molar-refractivity contribution is 5.98. The van der Waals surface area contributed by atoms with Gasteiger partial charge in [0, 0.05) is 11.3 Å². The van der Waals surface area contributed by atoms with Gasteiger partial charge in [-0.1, -0.05) is 42.5 Å². The summed E-state index contributed by atoms with van der Waals surface area (Å²) in [6.45, 7) is 6.02. The van der Waals surface area contributed by atoms with Crippen LogP contribution in [-0.2, 0) is 12.8 Å². The molecule has 0 radical (unpaired) electrons. The number of hydrogen-bond donors (Lipinski definition) is 2. The van der Waals surface area contributed by atoms with Gasteiger partial charge in [-0.05, 0) is 43.0 Å². The number of rotatable bonds is 4. The van der Waals surface area contributed by atoms with Crippen LogP contribution in [0.15, 0.2) is 54.0 Å². The van der Waals surface area contributed by atoms with E-state index in [4.69, 9.17) is 0 Å². The third-order valence-corrected chi connectivity index (χ3v) is 3.91. The number of nitrogens with one attached hydrogen (secondary N) is 1. The lowest BCUT2D eigenvalue weighted by molar-refractivity contribution is 0.354. The van der Waals surface area contributed by atoms with Crippen molar-refractivity contribution in [2.45, 2.75) is 19.8 Å². The smallest absolute Gasteiger partial charge is 0.132 e. The molecule has 22 heavy (non-hydrogen) atoms. The SMILES string of the molecule is C=C1NC(CO)=Nc2ccc(CCc3ccc(C)cc3)cc21. The van der Waals surface area contributed by atoms with Crippen LogP contribution < -0.4 is 5.32 Å². The van der Waals surface area contributed by atoms with Gasteiger partial charge in [0.1, 0.15) is 12.4 Å². The number of fused-ring (bicyclic) bond motifs is 1. The Labute approximate surface area is 131 Å². The zero-order valence-corrected chi connectivity index (χ0v) is 12.8. The van der Waals surface area contributed by atoms with Crippen molar-refractivity contribution in [3.63, 3.8) is 0 Å². The number of aryl methyl sites for hydroxylation is 3. The maximum atomic E-state index is 9.18. The van der Waals surface area contributed by atoms with Crippen LogP contribution in [0, 0.1) is 6.92 Å². The molecule has 3 heteroatoms. The van der Waals surface area contributed by atoms with E-state index in [1.165, 1.54) is 16.7 Å². The standard InChI is InChI=1S/C19H20N2O/c1-13-3-5-15(6-4-13)7-8-16-9-10-18-17(11-16)14(2)20-19(12-22)21-18/h3-6,9-11,22H,2,7-8,12H2,1H3,(H,20,21). The fourth-order valence-corrected chi connectivity index (χ4v) is 2.61. The largest absolute Gasteiger partial charge is 0.388 e. The number of amidine groups is 1. The molecule has 0 fully saturated rings. The first-order valence-electron chi connectivity index (χ1n) is 7.49. The zero-order chi connectivity index (χ0) is 15.5. The molecule has 1 heterocycles. The topological polar surface area (TPSA) is 44.6 Å². The Morgan fingerprint density at radius 2 is 1.73 bits per heavy atom. The number of aliphatic hydroxyl groups excluding tert-OH is 1. The molecule has 3 rings (SSSR count). The number of benzene rings is 2. The Kier molecular flexibility index (Phi) is 4.07. The van der Waals surface area contributed by atoms with Crippen LogP contribution in [0.1, 0.15) is 22.3 Å². The van der Waals surface area contributed by atoms with Crippen LogP contribution in [0.4, 0.5) is 5.69 Å². The van der Waals surface area contributed by atoms with Gasteiger partial charge in [0.05, 0.1) is 5.69 Å². The summed E-state index contributed by atoms with van der Waals surface area (Å²) in [4.78, 5) is 4.38. The van der Waals surface area contributed by atoms with Crippen molar-refractivity contribution in [2.75, 3.05) is 6.61 Å². The van der Waals surface area contributed by atoms with Gasteiger partial charge in [0.25, 0.3) is 0 Å². The fraction of sp³-hybridized carbons (Fsp3) is 0.211. The van der Waals surface area contributed by atoms with Gasteiger partial charge in [-0.25, -0.2) is 4.99 Å². The molecule has 0 atom stereocenters. The molecular formula is C19H20N2O. The van der Waals surface area contributed by atoms with E-state index in [0.717, 1.165) is 29.8 Å². The second-order valence-electron chi connectivity index (χ2n) is 5.66. The van der Waals surface area contributed by atoms with E-state index in [9.17, 15) is 5.11 Å². The molecule has 0 aliphatic carbocycles. The molecule has 1 aliphatic rings. The quantitative estimate of drug-likeness (QED) is 0.907. The monoisotopic (exact) mass is 292 g/mol. The summed E-state index contributed by atoms with van der Waals surface area (Å²) in [6, 6.07) is 14.9. The van der Waals surface area contributed by atoms with Crippen molar-refractivity contribution in [3.8, 4) is 0 Å². The van der Waals surface area contributed by atoms with E-state index in [2.05, 4.69) is 60.2 Å². The first-order chi connectivity index (χ1) is 10.7. The third kappa shape index (κ3) is 3.10. The van der Waals surface area contributed by atoms with Crippen LogP contribution in [-0.4, -0.2) is 17.5 Å². The molecule has 2 N–H and O–H groups in total. The van der Waals surface area contributed by atoms with Crippen molar-refractivity contribution in [2.24, 2.45) is 4.99 Å². The second kappa shape index (κ2) is 6.16. The van der Waals surface area contributed by atoms with Gasteiger partial charge in [-0.3, -0.25) is 0 Å². The van der Waals surface area contributed by atoms with Gasteiger partial charge in [0.2, 0.25) is 0 Å². The number of nitrogens with zero attached hydrogens (tertiary/aromatic N) is 1. The summed E-state index contributed by atoms with van der Waals surface area (Å²) in [5.41, 5.74) is 6.58. The van der Waals surface area contributed by atoms with E-state index in [1.807, 2.05) is 6.07 Å². The van der Waals surface area contributed by atoms with Gasteiger partial charge < -0.3 is 10.4 Å². The predicted octanol–water partition coefficient (Wildman–Crippen LogP) is 3.38. The maximum Gasteiger partial charge on any atom is 0.132 e. The number of aliphatic imine (C=N–C) groups is 1. The molecule has 1 aliphatic heterocycles. The average molecular weight is 292 g/mol. The van der Waals surface area contributed by atoms with Crippen LogP contribution in [0.25, 0.3) is 5.70 Å². The van der Waals surface area contributed by atoms with Crippen molar-refractivity contribution < 1.29 is 5.11 Å². The first-order valence-corrected chi connectivity index (χ1v) is 7.49. The van der Waals surface area contributed by atoms with Gasteiger partial charge in [-0.2, -0.15) is 0 Å². The molecule has 112 valence electrons. The lowest BCUT2D eigenvalue weighted by Crippen LogP contribution is -2.27. The van der Waals surface area contributed by atoms with Gasteiger partial charge in [-0.15, -0.1) is 0 Å². The lowest BCUT2D eigenvalue weighted by Gasteiger charge is -2.19. The normalized spacial score (nSPS) is 13.4. The molecule has 2 aromatic rings. The predicted molar refractivity (Wildman–Crippen MR) is 91.4 cm³/mol. The van der Waals surface area contributed by atoms with Gasteiger partial charge >= 0.3 is 0 Å². The molecule has 0 unspecified atom stereocenters. The Hall–Kier alpha value is -2.39. The summed E-state index contributed by atoms with van der Waals surface area (Å²) in [7, 11) is 0. The Bertz CT molecular complexity index is 730. The number of aliphatic hydroxyl groups is 1. The van der Waals surface area contributed by atoms with Crippen LogP contribution in [0.2, 0.25) is 0 Å². The second-order valence-corrected chi connectivity index (χ2v) is 5.66. The lowest BCUT2D eigenvalue weighted by atomic mass is 9.99. The van der Waals surface area contributed by atoms with E-state index >= 15 is 0 Å². The van der Waals surface area contributed by atoms with Crippen molar-refractivity contribution in [1.29, 1.82) is 0 Å². The Balaban J connectivity index is 1.76. The molecule has 0 saturated carbocycles. The van der Waals surface area contributed by atoms with Crippen molar-refractivity contribution >= 4 is 17.2 Å². The summed E-state index contributed by atoms with van der Waals surface area (Å²) >= 11 is 0. The molecule has 0 bridgehead atoms. The summed E-state index contributed by atoms with van der Waals surface area (Å²) < 4.78 is 0. The van der Waals surface area contributed by atoms with Crippen LogP contribution >= 0.6 is 0 Å². The van der Waals surface area contributed by atoms with E-state index < -0.39 is 0 Å².